The topological polar surface area (TPSA) is 93.7 Å². The van der Waals surface area contributed by atoms with Crippen molar-refractivity contribution in [3.05, 3.63) is 0 Å². The van der Waals surface area contributed by atoms with Gasteiger partial charge in [-0.25, -0.2) is 4.79 Å². The molecule has 0 aromatic heterocycles. The highest BCUT2D eigenvalue weighted by Crippen LogP contribution is 1.98. The molecule has 1 rings (SSSR count). The molecule has 4 N–H and O–H groups in total. The van der Waals surface area contributed by atoms with Gasteiger partial charge in [-0.3, -0.25) is 4.79 Å². The zero-order valence-electron chi connectivity index (χ0n) is 12.7. The molecule has 0 unspecified atom stereocenters. The maximum Gasteiger partial charge on any atom is 0.314 e. The van der Waals surface area contributed by atoms with Crippen molar-refractivity contribution in [2.24, 2.45) is 0 Å². The Balaban J connectivity index is 1.86. The second-order valence-electron chi connectivity index (χ2n) is 5.33. The number of unbranched alkanes of at least 4 members (excludes halogenated alkanes) is 2. The molecule has 0 bridgehead atoms. The number of carboxylic acids is 1. The summed E-state index contributed by atoms with van der Waals surface area (Å²) in [6, 6.07) is -0.131. The lowest BCUT2D eigenvalue weighted by Crippen LogP contribution is -2.44. The summed E-state index contributed by atoms with van der Waals surface area (Å²) in [5, 5.41) is 17.4. The van der Waals surface area contributed by atoms with Crippen LogP contribution in [-0.2, 0) is 4.79 Å². The highest BCUT2D eigenvalue weighted by atomic mass is 16.4. The zero-order valence-corrected chi connectivity index (χ0v) is 12.7. The lowest BCUT2D eigenvalue weighted by Gasteiger charge is -2.27. The molecule has 1 aliphatic rings. The highest BCUT2D eigenvalue weighted by Gasteiger charge is 2.08. The van der Waals surface area contributed by atoms with Gasteiger partial charge in [0.1, 0.15) is 0 Å². The van der Waals surface area contributed by atoms with Gasteiger partial charge in [-0.15, -0.1) is 0 Å². The predicted octanol–water partition coefficient (Wildman–Crippen LogP) is 0.226. The van der Waals surface area contributed by atoms with Crippen LogP contribution < -0.4 is 16.0 Å². The summed E-state index contributed by atoms with van der Waals surface area (Å²) >= 11 is 0. The second kappa shape index (κ2) is 11.3. The quantitative estimate of drug-likeness (QED) is 0.433. The summed E-state index contributed by atoms with van der Waals surface area (Å²) in [4.78, 5) is 24.2. The summed E-state index contributed by atoms with van der Waals surface area (Å²) < 4.78 is 0. The van der Waals surface area contributed by atoms with Crippen LogP contribution in [0.2, 0.25) is 0 Å². The molecule has 1 fully saturated rings. The fourth-order valence-electron chi connectivity index (χ4n) is 2.28. The van der Waals surface area contributed by atoms with Crippen molar-refractivity contribution in [1.82, 2.24) is 20.9 Å². The molecule has 1 aliphatic heterocycles. The molecule has 7 nitrogen and oxygen atoms in total. The van der Waals surface area contributed by atoms with Gasteiger partial charge in [0.15, 0.2) is 0 Å². The number of hydrogen-bond acceptors (Lipinski definition) is 4. The molecule has 0 aromatic carbocycles. The molecular weight excluding hydrogens is 272 g/mol. The number of carboxylic acid groups (broad SMARTS) is 1. The molecule has 21 heavy (non-hydrogen) atoms. The molecule has 0 atom stereocenters. The Bertz CT molecular complexity index is 307. The fourth-order valence-corrected chi connectivity index (χ4v) is 2.28. The second-order valence-corrected chi connectivity index (χ2v) is 5.33. The number of nitrogens with zero attached hydrogens (tertiary/aromatic N) is 1. The van der Waals surface area contributed by atoms with Gasteiger partial charge in [0.05, 0.1) is 0 Å². The number of urea groups is 1. The lowest BCUT2D eigenvalue weighted by atomic mass is 10.2. The van der Waals surface area contributed by atoms with Crippen molar-refractivity contribution in [2.45, 2.75) is 32.1 Å². The Labute approximate surface area is 126 Å². The van der Waals surface area contributed by atoms with Crippen LogP contribution in [0.1, 0.15) is 32.1 Å². The number of amides is 2. The summed E-state index contributed by atoms with van der Waals surface area (Å²) in [6.45, 7) is 6.59. The Morgan fingerprint density at radius 3 is 2.33 bits per heavy atom. The largest absolute Gasteiger partial charge is 0.481 e. The molecule has 0 aromatic rings. The molecule has 1 saturated heterocycles. The maximum atomic E-state index is 11.5. The van der Waals surface area contributed by atoms with Crippen molar-refractivity contribution in [1.29, 1.82) is 0 Å². The molecule has 122 valence electrons. The Kier molecular flexibility index (Phi) is 9.56. The smallest absolute Gasteiger partial charge is 0.314 e. The average molecular weight is 300 g/mol. The molecule has 1 heterocycles. The van der Waals surface area contributed by atoms with Gasteiger partial charge in [-0.05, 0) is 25.8 Å². The highest BCUT2D eigenvalue weighted by molar-refractivity contribution is 5.73. The molecule has 2 amide bonds. The molecule has 0 spiro atoms. The molecular formula is C14H28N4O3. The third kappa shape index (κ3) is 10.1. The number of carbonyl (C=O) groups is 2. The van der Waals surface area contributed by atoms with Crippen LogP contribution in [0.3, 0.4) is 0 Å². The monoisotopic (exact) mass is 300 g/mol. The summed E-state index contributed by atoms with van der Waals surface area (Å²) in [5.41, 5.74) is 0. The van der Waals surface area contributed by atoms with Crippen molar-refractivity contribution in [2.75, 3.05) is 45.8 Å². The fraction of sp³-hybridized carbons (Fsp3) is 0.857. The number of nitrogens with one attached hydrogen (secondary N) is 3. The van der Waals surface area contributed by atoms with Gasteiger partial charge in [-0.1, -0.05) is 6.42 Å². The number of piperazine rings is 1. The minimum atomic E-state index is -0.759. The molecule has 0 saturated carbocycles. The van der Waals surface area contributed by atoms with Crippen molar-refractivity contribution in [3.63, 3.8) is 0 Å². The third-order valence-electron chi connectivity index (χ3n) is 3.50. The SMILES string of the molecule is O=C(O)CCCCCNC(=O)NCCCN1CCNCC1. The van der Waals surface area contributed by atoms with E-state index in [1.165, 1.54) is 0 Å². The van der Waals surface area contributed by atoms with Gasteiger partial charge in [0.25, 0.3) is 0 Å². The number of rotatable bonds is 10. The lowest BCUT2D eigenvalue weighted by molar-refractivity contribution is -0.137. The number of carbonyl (C=O) groups excluding carboxylic acids is 1. The molecule has 0 radical (unpaired) electrons. The minimum absolute atomic E-state index is 0.131. The number of aliphatic carboxylic acids is 1. The first-order valence-electron chi connectivity index (χ1n) is 7.85. The normalized spacial score (nSPS) is 15.6. The summed E-state index contributed by atoms with van der Waals surface area (Å²) in [7, 11) is 0. The van der Waals surface area contributed by atoms with Crippen LogP contribution in [0.25, 0.3) is 0 Å². The third-order valence-corrected chi connectivity index (χ3v) is 3.50. The first kappa shape index (κ1) is 17.7. The maximum absolute atomic E-state index is 11.5. The first-order valence-corrected chi connectivity index (χ1v) is 7.85. The van der Waals surface area contributed by atoms with E-state index in [2.05, 4.69) is 20.9 Å². The van der Waals surface area contributed by atoms with E-state index in [1.54, 1.807) is 0 Å². The molecule has 0 aliphatic carbocycles. The average Bonchev–Trinajstić information content (AvgIpc) is 2.48. The zero-order chi connectivity index (χ0) is 15.3. The van der Waals surface area contributed by atoms with Gasteiger partial charge < -0.3 is 26.0 Å². The van der Waals surface area contributed by atoms with Gasteiger partial charge in [0.2, 0.25) is 0 Å². The number of hydrogen-bond donors (Lipinski definition) is 4. The van der Waals surface area contributed by atoms with Crippen molar-refractivity contribution < 1.29 is 14.7 Å². The minimum Gasteiger partial charge on any atom is -0.481 e. The van der Waals surface area contributed by atoms with Crippen molar-refractivity contribution >= 4 is 12.0 Å². The standard InChI is InChI=1S/C14H28N4O3/c19-13(20)5-2-1-3-6-16-14(21)17-7-4-10-18-11-8-15-9-12-18/h15H,1-12H2,(H,19,20)(H2,16,17,21). The Morgan fingerprint density at radius 2 is 1.67 bits per heavy atom. The van der Waals surface area contributed by atoms with E-state index in [0.29, 0.717) is 19.5 Å². The van der Waals surface area contributed by atoms with Crippen LogP contribution >= 0.6 is 0 Å². The van der Waals surface area contributed by atoms with E-state index in [9.17, 15) is 9.59 Å². The van der Waals surface area contributed by atoms with Gasteiger partial charge in [0, 0.05) is 45.7 Å². The molecule has 7 heteroatoms. The predicted molar refractivity (Wildman–Crippen MR) is 81.4 cm³/mol. The van der Waals surface area contributed by atoms with Gasteiger partial charge >= 0.3 is 12.0 Å². The van der Waals surface area contributed by atoms with E-state index in [4.69, 9.17) is 5.11 Å². The summed E-state index contributed by atoms with van der Waals surface area (Å²) in [6.07, 6.45) is 3.49. The van der Waals surface area contributed by atoms with Crippen LogP contribution in [0.4, 0.5) is 4.79 Å². The van der Waals surface area contributed by atoms with Crippen LogP contribution in [0, 0.1) is 0 Å². The van der Waals surface area contributed by atoms with E-state index in [0.717, 1.165) is 52.0 Å². The van der Waals surface area contributed by atoms with Crippen LogP contribution in [0.5, 0.6) is 0 Å². The summed E-state index contributed by atoms with van der Waals surface area (Å²) in [5.74, 6) is -0.759. The Hall–Kier alpha value is -1.34. The van der Waals surface area contributed by atoms with Crippen LogP contribution in [0.15, 0.2) is 0 Å². The van der Waals surface area contributed by atoms with Crippen molar-refractivity contribution in [3.8, 4) is 0 Å². The van der Waals surface area contributed by atoms with Crippen LogP contribution in [-0.4, -0.2) is 67.8 Å². The van der Waals surface area contributed by atoms with E-state index in [-0.39, 0.29) is 12.5 Å². The van der Waals surface area contributed by atoms with E-state index in [1.807, 2.05) is 0 Å². The Morgan fingerprint density at radius 1 is 1.00 bits per heavy atom. The van der Waals surface area contributed by atoms with E-state index >= 15 is 0 Å². The van der Waals surface area contributed by atoms with E-state index < -0.39 is 5.97 Å². The first-order chi connectivity index (χ1) is 10.2. The van der Waals surface area contributed by atoms with Gasteiger partial charge in [-0.2, -0.15) is 0 Å².